The van der Waals surface area contributed by atoms with E-state index in [-0.39, 0.29) is 5.82 Å². The van der Waals surface area contributed by atoms with E-state index in [0.717, 1.165) is 0 Å². The molecule has 0 bridgehead atoms. The molecule has 0 unspecified atom stereocenters. The predicted molar refractivity (Wildman–Crippen MR) is 53.3 cm³/mol. The molecule has 0 fully saturated rings. The summed E-state index contributed by atoms with van der Waals surface area (Å²) in [6.45, 7) is 0. The van der Waals surface area contributed by atoms with Gasteiger partial charge in [0.2, 0.25) is 5.82 Å². The topological polar surface area (TPSA) is 68.0 Å². The Kier molecular flexibility index (Phi) is 2.39. The first-order chi connectivity index (χ1) is 7.18. The number of hydrogen-bond donors (Lipinski definition) is 1. The molecule has 1 aromatic carbocycles. The van der Waals surface area contributed by atoms with Crippen molar-refractivity contribution in [3.8, 4) is 5.69 Å². The number of carboxylic acids is 1. The highest BCUT2D eigenvalue weighted by Crippen LogP contribution is 2.13. The molecule has 6 heteroatoms. The second-order valence-corrected chi connectivity index (χ2v) is 3.21. The Morgan fingerprint density at radius 3 is 2.60 bits per heavy atom. The zero-order valence-electron chi connectivity index (χ0n) is 7.46. The first-order valence-corrected chi connectivity index (χ1v) is 4.45. The summed E-state index contributed by atoms with van der Waals surface area (Å²) in [5.74, 6) is -1.25. The number of rotatable bonds is 2. The molecule has 0 atom stereocenters. The molecule has 0 saturated heterocycles. The van der Waals surface area contributed by atoms with E-state index in [1.165, 1.54) is 11.0 Å². The molecule has 1 heterocycles. The first-order valence-electron chi connectivity index (χ1n) is 4.08. The monoisotopic (exact) mass is 223 g/mol. The summed E-state index contributed by atoms with van der Waals surface area (Å²) in [4.78, 5) is 14.4. The van der Waals surface area contributed by atoms with E-state index in [0.29, 0.717) is 10.7 Å². The maximum atomic E-state index is 10.8. The molecule has 0 aliphatic carbocycles. The normalized spacial score (nSPS) is 10.2. The van der Waals surface area contributed by atoms with E-state index < -0.39 is 5.97 Å². The number of aromatic carboxylic acids is 1. The molecule has 2 aromatic rings. The van der Waals surface area contributed by atoms with Crippen LogP contribution in [-0.2, 0) is 0 Å². The maximum Gasteiger partial charge on any atom is 0.374 e. The molecule has 0 amide bonds. The van der Waals surface area contributed by atoms with Gasteiger partial charge in [-0.2, -0.15) is 5.10 Å². The molecule has 0 aliphatic heterocycles. The molecule has 0 radical (unpaired) electrons. The molecule has 2 rings (SSSR count). The van der Waals surface area contributed by atoms with Crippen LogP contribution in [0.15, 0.2) is 30.6 Å². The number of hydrogen-bond acceptors (Lipinski definition) is 3. The minimum atomic E-state index is -1.12. The van der Waals surface area contributed by atoms with E-state index >= 15 is 0 Å². The van der Waals surface area contributed by atoms with Gasteiger partial charge in [-0.1, -0.05) is 11.6 Å². The Labute approximate surface area is 89.9 Å². The van der Waals surface area contributed by atoms with Crippen LogP contribution >= 0.6 is 11.6 Å². The van der Waals surface area contributed by atoms with E-state index in [1.54, 1.807) is 24.3 Å². The summed E-state index contributed by atoms with van der Waals surface area (Å²) in [6.07, 6.45) is 1.19. The number of aromatic nitrogens is 3. The van der Waals surface area contributed by atoms with Gasteiger partial charge in [0.25, 0.3) is 0 Å². The van der Waals surface area contributed by atoms with Crippen LogP contribution in [0.5, 0.6) is 0 Å². The van der Waals surface area contributed by atoms with E-state index in [9.17, 15) is 4.79 Å². The van der Waals surface area contributed by atoms with Gasteiger partial charge < -0.3 is 5.11 Å². The fourth-order valence-corrected chi connectivity index (χ4v) is 1.28. The Morgan fingerprint density at radius 1 is 1.33 bits per heavy atom. The van der Waals surface area contributed by atoms with E-state index in [1.807, 2.05) is 0 Å². The zero-order chi connectivity index (χ0) is 10.8. The molecule has 0 spiro atoms. The van der Waals surface area contributed by atoms with Crippen molar-refractivity contribution in [3.63, 3.8) is 0 Å². The van der Waals surface area contributed by atoms with E-state index in [2.05, 4.69) is 10.1 Å². The molecule has 5 nitrogen and oxygen atoms in total. The number of benzene rings is 1. The lowest BCUT2D eigenvalue weighted by Crippen LogP contribution is -2.09. The summed E-state index contributed by atoms with van der Waals surface area (Å²) in [7, 11) is 0. The third-order valence-corrected chi connectivity index (χ3v) is 2.06. The average Bonchev–Trinajstić information content (AvgIpc) is 2.67. The van der Waals surface area contributed by atoms with Crippen LogP contribution in [0.1, 0.15) is 10.6 Å². The minimum Gasteiger partial charge on any atom is -0.475 e. The van der Waals surface area contributed by atoms with Crippen molar-refractivity contribution in [1.29, 1.82) is 0 Å². The number of nitrogens with zero attached hydrogens (tertiary/aromatic N) is 3. The summed E-state index contributed by atoms with van der Waals surface area (Å²) >= 11 is 5.71. The Hall–Kier alpha value is -1.88. The predicted octanol–water partition coefficient (Wildman–Crippen LogP) is 1.62. The number of halogens is 1. The van der Waals surface area contributed by atoms with E-state index in [4.69, 9.17) is 16.7 Å². The molecular formula is C9H6ClN3O2. The summed E-state index contributed by atoms with van der Waals surface area (Å²) in [5, 5.41) is 13.2. The lowest BCUT2D eigenvalue weighted by atomic mass is 10.3. The smallest absolute Gasteiger partial charge is 0.374 e. The standard InChI is InChI=1S/C9H6ClN3O2/c10-6-1-3-7(4-2-6)13-8(9(14)15)11-5-12-13/h1-5H,(H,14,15). The Morgan fingerprint density at radius 2 is 2.00 bits per heavy atom. The van der Waals surface area contributed by atoms with Crippen LogP contribution in [0, 0.1) is 0 Å². The highest BCUT2D eigenvalue weighted by Gasteiger charge is 2.13. The van der Waals surface area contributed by atoms with Crippen molar-refractivity contribution in [3.05, 3.63) is 41.4 Å². The van der Waals surface area contributed by atoms with Crippen molar-refractivity contribution in [2.75, 3.05) is 0 Å². The van der Waals surface area contributed by atoms with Crippen molar-refractivity contribution in [1.82, 2.24) is 14.8 Å². The van der Waals surface area contributed by atoms with Gasteiger partial charge >= 0.3 is 5.97 Å². The summed E-state index contributed by atoms with van der Waals surface area (Å²) in [5.41, 5.74) is 0.606. The van der Waals surface area contributed by atoms with Gasteiger partial charge in [0.1, 0.15) is 6.33 Å². The largest absolute Gasteiger partial charge is 0.475 e. The van der Waals surface area contributed by atoms with Gasteiger partial charge in [0, 0.05) is 5.02 Å². The maximum absolute atomic E-state index is 10.8. The van der Waals surface area contributed by atoms with Crippen molar-refractivity contribution < 1.29 is 9.90 Å². The quantitative estimate of drug-likeness (QED) is 0.840. The van der Waals surface area contributed by atoms with Gasteiger partial charge in [0.15, 0.2) is 0 Å². The highest BCUT2D eigenvalue weighted by atomic mass is 35.5. The van der Waals surface area contributed by atoms with Crippen molar-refractivity contribution in [2.45, 2.75) is 0 Å². The van der Waals surface area contributed by atoms with Crippen LogP contribution in [0.25, 0.3) is 5.69 Å². The molecular weight excluding hydrogens is 218 g/mol. The van der Waals surface area contributed by atoms with Crippen LogP contribution in [0.3, 0.4) is 0 Å². The summed E-state index contributed by atoms with van der Waals surface area (Å²) < 4.78 is 1.23. The van der Waals surface area contributed by atoms with Gasteiger partial charge in [-0.05, 0) is 24.3 Å². The molecule has 76 valence electrons. The zero-order valence-corrected chi connectivity index (χ0v) is 8.22. The molecule has 1 aromatic heterocycles. The molecule has 0 aliphatic rings. The van der Waals surface area contributed by atoms with Crippen LogP contribution in [0.4, 0.5) is 0 Å². The lowest BCUT2D eigenvalue weighted by Gasteiger charge is -2.02. The van der Waals surface area contributed by atoms with Gasteiger partial charge in [-0.25, -0.2) is 14.5 Å². The molecule has 15 heavy (non-hydrogen) atoms. The minimum absolute atomic E-state index is 0.127. The third kappa shape index (κ3) is 1.82. The van der Waals surface area contributed by atoms with Gasteiger partial charge in [0.05, 0.1) is 5.69 Å². The second kappa shape index (κ2) is 3.70. The Bertz CT molecular complexity index is 492. The average molecular weight is 224 g/mol. The van der Waals surface area contributed by atoms with Crippen LogP contribution in [-0.4, -0.2) is 25.8 Å². The highest BCUT2D eigenvalue weighted by molar-refractivity contribution is 6.30. The molecule has 1 N–H and O–H groups in total. The fourth-order valence-electron chi connectivity index (χ4n) is 1.16. The lowest BCUT2D eigenvalue weighted by molar-refractivity contribution is 0.0680. The second-order valence-electron chi connectivity index (χ2n) is 2.78. The van der Waals surface area contributed by atoms with Crippen LogP contribution < -0.4 is 0 Å². The fraction of sp³-hybridized carbons (Fsp3) is 0. The SMILES string of the molecule is O=C(O)c1ncnn1-c1ccc(Cl)cc1. The number of carboxylic acid groups (broad SMARTS) is 1. The van der Waals surface area contributed by atoms with Gasteiger partial charge in [-0.3, -0.25) is 0 Å². The van der Waals surface area contributed by atoms with Crippen molar-refractivity contribution in [2.24, 2.45) is 0 Å². The third-order valence-electron chi connectivity index (χ3n) is 1.81. The number of carbonyl (C=O) groups is 1. The first kappa shape index (κ1) is 9.67. The molecule has 0 saturated carbocycles. The van der Waals surface area contributed by atoms with Gasteiger partial charge in [-0.15, -0.1) is 0 Å². The van der Waals surface area contributed by atoms with Crippen LogP contribution in [0.2, 0.25) is 5.02 Å². The summed E-state index contributed by atoms with van der Waals surface area (Å²) in [6, 6.07) is 6.65. The Balaban J connectivity index is 2.49. The van der Waals surface area contributed by atoms with Crippen molar-refractivity contribution >= 4 is 17.6 Å².